The summed E-state index contributed by atoms with van der Waals surface area (Å²) in [4.78, 5) is 6.45. The van der Waals surface area contributed by atoms with Crippen LogP contribution in [-0.4, -0.2) is 45.8 Å². The molecular formula is C8H9N3OSe. The van der Waals surface area contributed by atoms with Crippen LogP contribution in [0.3, 0.4) is 0 Å². The molecule has 0 unspecified atom stereocenters. The van der Waals surface area contributed by atoms with Crippen LogP contribution in [0.1, 0.15) is 4.44 Å². The van der Waals surface area contributed by atoms with Gasteiger partial charge < -0.3 is 0 Å². The van der Waals surface area contributed by atoms with Crippen molar-refractivity contribution in [2.24, 2.45) is 0 Å². The van der Waals surface area contributed by atoms with Gasteiger partial charge in [-0.15, -0.1) is 0 Å². The zero-order chi connectivity index (χ0) is 9.10. The Morgan fingerprint density at radius 1 is 1.54 bits per heavy atom. The van der Waals surface area contributed by atoms with Gasteiger partial charge in [0.15, 0.2) is 0 Å². The Balaban J connectivity index is 2.11. The predicted molar refractivity (Wildman–Crippen MR) is 48.9 cm³/mol. The van der Waals surface area contributed by atoms with E-state index in [1.165, 1.54) is 0 Å². The summed E-state index contributed by atoms with van der Waals surface area (Å²) in [5.41, 5.74) is 0. The third-order valence-electron chi connectivity index (χ3n) is 1.89. The normalized spacial score (nSPS) is 17.0. The van der Waals surface area contributed by atoms with E-state index >= 15 is 0 Å². The minimum atomic E-state index is 0.131. The summed E-state index contributed by atoms with van der Waals surface area (Å²) >= 11 is 0.131. The first-order valence-corrected chi connectivity index (χ1v) is 5.80. The second-order valence-corrected chi connectivity index (χ2v) is 4.84. The molecule has 1 aliphatic heterocycles. The van der Waals surface area contributed by atoms with Gasteiger partial charge in [-0.25, -0.2) is 0 Å². The molecule has 1 fully saturated rings. The number of hydrogen-bond acceptors (Lipinski definition) is 4. The molecule has 0 spiro atoms. The number of rotatable bonds is 1. The van der Waals surface area contributed by atoms with Gasteiger partial charge in [0.25, 0.3) is 0 Å². The first kappa shape index (κ1) is 8.76. The van der Waals surface area contributed by atoms with Gasteiger partial charge >= 0.3 is 82.1 Å². The van der Waals surface area contributed by atoms with Crippen LogP contribution in [0.2, 0.25) is 0 Å². The van der Waals surface area contributed by atoms with Crippen LogP contribution < -0.4 is 4.90 Å². The third-order valence-corrected chi connectivity index (χ3v) is 3.91. The van der Waals surface area contributed by atoms with Gasteiger partial charge in [0.2, 0.25) is 0 Å². The van der Waals surface area contributed by atoms with E-state index in [2.05, 4.69) is 16.0 Å². The Morgan fingerprint density at radius 3 is 2.92 bits per heavy atom. The van der Waals surface area contributed by atoms with E-state index in [-0.39, 0.29) is 14.5 Å². The molecular weight excluding hydrogens is 233 g/mol. The predicted octanol–water partition coefficient (Wildman–Crippen LogP) is -0.153. The van der Waals surface area contributed by atoms with E-state index in [4.69, 9.17) is 10.00 Å². The molecule has 2 heterocycles. The molecule has 0 amide bonds. The Bertz CT molecular complexity index is 324. The molecule has 0 atom stereocenters. The number of anilines is 1. The van der Waals surface area contributed by atoms with Gasteiger partial charge in [0.05, 0.1) is 0 Å². The Kier molecular flexibility index (Phi) is 2.65. The van der Waals surface area contributed by atoms with Gasteiger partial charge in [-0.3, -0.25) is 0 Å². The minimum absolute atomic E-state index is 0.131. The van der Waals surface area contributed by atoms with E-state index in [1.807, 2.05) is 0 Å². The number of ether oxygens (including phenoxy) is 1. The van der Waals surface area contributed by atoms with Crippen molar-refractivity contribution in [3.05, 3.63) is 10.6 Å². The molecule has 4 nitrogen and oxygen atoms in total. The molecule has 68 valence electrons. The van der Waals surface area contributed by atoms with E-state index in [1.54, 1.807) is 6.20 Å². The maximum absolute atomic E-state index is 8.66. The Labute approximate surface area is 82.5 Å². The summed E-state index contributed by atoms with van der Waals surface area (Å²) < 4.78 is 7.13. The Hall–Kier alpha value is -0.821. The first-order chi connectivity index (χ1) is 6.40. The average molecular weight is 242 g/mol. The van der Waals surface area contributed by atoms with Crippen LogP contribution in [0.5, 0.6) is 0 Å². The molecule has 0 bridgehead atoms. The van der Waals surface area contributed by atoms with Crippen molar-refractivity contribution in [2.75, 3.05) is 31.2 Å². The van der Waals surface area contributed by atoms with Gasteiger partial charge in [0, 0.05) is 0 Å². The van der Waals surface area contributed by atoms with Gasteiger partial charge in [-0.2, -0.15) is 0 Å². The van der Waals surface area contributed by atoms with Crippen LogP contribution in [-0.2, 0) is 4.74 Å². The fraction of sp³-hybridized carbons (Fsp3) is 0.500. The summed E-state index contributed by atoms with van der Waals surface area (Å²) in [7, 11) is 0. The van der Waals surface area contributed by atoms with Crippen LogP contribution in [0, 0.1) is 11.3 Å². The van der Waals surface area contributed by atoms with Crippen molar-refractivity contribution >= 4 is 19.2 Å². The summed E-state index contributed by atoms with van der Waals surface area (Å²) in [6, 6.07) is 2.15. The van der Waals surface area contributed by atoms with Crippen molar-refractivity contribution in [2.45, 2.75) is 0 Å². The van der Waals surface area contributed by atoms with Crippen molar-refractivity contribution in [1.82, 2.24) is 4.98 Å². The number of aromatic nitrogens is 1. The zero-order valence-corrected chi connectivity index (χ0v) is 8.78. The fourth-order valence-electron chi connectivity index (χ4n) is 1.22. The molecule has 1 aromatic heterocycles. The number of nitrogens with zero attached hydrogens (tertiary/aromatic N) is 3. The summed E-state index contributed by atoms with van der Waals surface area (Å²) in [5.74, 6) is 0. The zero-order valence-electron chi connectivity index (χ0n) is 7.06. The number of hydrogen-bond donors (Lipinski definition) is 0. The van der Waals surface area contributed by atoms with Crippen molar-refractivity contribution in [3.8, 4) is 6.07 Å². The SMILES string of the molecule is N#Cc1cnc(N2CCOCC2)[se]1. The molecule has 0 saturated carbocycles. The topological polar surface area (TPSA) is 49.2 Å². The molecule has 0 aromatic carbocycles. The standard InChI is InChI=1S/C8H9N3OSe/c9-5-7-6-10-8(13-7)11-1-3-12-4-2-11/h6H,1-4H2. The quantitative estimate of drug-likeness (QED) is 0.642. The summed E-state index contributed by atoms with van der Waals surface area (Å²) in [6.07, 6.45) is 1.69. The fourth-order valence-corrected chi connectivity index (χ4v) is 2.82. The van der Waals surface area contributed by atoms with Crippen LogP contribution in [0.15, 0.2) is 6.20 Å². The van der Waals surface area contributed by atoms with E-state index in [0.717, 1.165) is 35.4 Å². The third kappa shape index (κ3) is 1.91. The molecule has 5 heteroatoms. The van der Waals surface area contributed by atoms with E-state index in [9.17, 15) is 0 Å². The van der Waals surface area contributed by atoms with Crippen molar-refractivity contribution < 1.29 is 4.74 Å². The van der Waals surface area contributed by atoms with Crippen LogP contribution in [0.4, 0.5) is 4.69 Å². The van der Waals surface area contributed by atoms with Crippen LogP contribution in [0.25, 0.3) is 0 Å². The molecule has 0 N–H and O–H groups in total. The molecule has 0 radical (unpaired) electrons. The number of morpholine rings is 1. The van der Waals surface area contributed by atoms with Crippen molar-refractivity contribution in [3.63, 3.8) is 0 Å². The summed E-state index contributed by atoms with van der Waals surface area (Å²) in [6.45, 7) is 3.37. The molecule has 2 rings (SSSR count). The van der Waals surface area contributed by atoms with Gasteiger partial charge in [-0.05, 0) is 0 Å². The molecule has 1 saturated heterocycles. The molecule has 13 heavy (non-hydrogen) atoms. The van der Waals surface area contributed by atoms with Gasteiger partial charge in [0.1, 0.15) is 0 Å². The van der Waals surface area contributed by atoms with Crippen LogP contribution >= 0.6 is 0 Å². The molecule has 0 aliphatic carbocycles. The van der Waals surface area contributed by atoms with Crippen molar-refractivity contribution in [1.29, 1.82) is 5.26 Å². The maximum atomic E-state index is 8.66. The van der Waals surface area contributed by atoms with E-state index < -0.39 is 0 Å². The monoisotopic (exact) mass is 243 g/mol. The number of nitriles is 1. The second-order valence-electron chi connectivity index (χ2n) is 2.72. The first-order valence-electron chi connectivity index (χ1n) is 4.09. The summed E-state index contributed by atoms with van der Waals surface area (Å²) in [5, 5.41) is 8.66. The second kappa shape index (κ2) is 3.93. The van der Waals surface area contributed by atoms with Gasteiger partial charge in [-0.1, -0.05) is 0 Å². The molecule has 1 aliphatic rings. The Morgan fingerprint density at radius 2 is 2.31 bits per heavy atom. The average Bonchev–Trinajstić information content (AvgIpc) is 2.67. The molecule has 1 aromatic rings. The van der Waals surface area contributed by atoms with E-state index in [0.29, 0.717) is 0 Å².